The van der Waals surface area contributed by atoms with Gasteiger partial charge in [-0.3, -0.25) is 9.59 Å². The summed E-state index contributed by atoms with van der Waals surface area (Å²) in [4.78, 5) is 26.8. The van der Waals surface area contributed by atoms with Crippen molar-refractivity contribution in [3.05, 3.63) is 64.1 Å². The molecule has 2 aromatic carbocycles. The van der Waals surface area contributed by atoms with Gasteiger partial charge in [0.2, 0.25) is 5.91 Å². The van der Waals surface area contributed by atoms with Crippen LogP contribution in [-0.4, -0.2) is 36.4 Å². The summed E-state index contributed by atoms with van der Waals surface area (Å²) in [5.74, 6) is 0.225. The Morgan fingerprint density at radius 1 is 1.10 bits per heavy atom. The van der Waals surface area contributed by atoms with Gasteiger partial charge in [-0.2, -0.15) is 0 Å². The summed E-state index contributed by atoms with van der Waals surface area (Å²) >= 11 is 3.41. The van der Waals surface area contributed by atoms with Gasteiger partial charge < -0.3 is 15.0 Å². The summed E-state index contributed by atoms with van der Waals surface area (Å²) in [5, 5.41) is 2.62. The highest BCUT2D eigenvalue weighted by Gasteiger charge is 2.26. The van der Waals surface area contributed by atoms with Crippen LogP contribution in [0.5, 0.6) is 5.75 Å². The molecule has 0 aliphatic carbocycles. The summed E-state index contributed by atoms with van der Waals surface area (Å²) in [6.45, 7) is 8.22. The van der Waals surface area contributed by atoms with Gasteiger partial charge in [-0.25, -0.2) is 0 Å². The normalized spacial score (nSPS) is 12.2. The smallest absolute Gasteiger partial charge is 0.261 e. The van der Waals surface area contributed by atoms with E-state index in [1.165, 1.54) is 0 Å². The minimum Gasteiger partial charge on any atom is -0.483 e. The monoisotopic (exact) mass is 460 g/mol. The molecule has 0 heterocycles. The Labute approximate surface area is 181 Å². The zero-order chi connectivity index (χ0) is 21.6. The lowest BCUT2D eigenvalue weighted by Gasteiger charge is -2.29. The van der Waals surface area contributed by atoms with Crippen LogP contribution in [0.1, 0.15) is 38.8 Å². The van der Waals surface area contributed by atoms with Crippen molar-refractivity contribution >= 4 is 27.7 Å². The van der Waals surface area contributed by atoms with Gasteiger partial charge in [-0.05, 0) is 41.7 Å². The third-order valence-corrected chi connectivity index (χ3v) is 5.25. The number of benzene rings is 2. The molecule has 6 heteroatoms. The third-order valence-electron chi connectivity index (χ3n) is 4.73. The number of halogens is 1. The predicted molar refractivity (Wildman–Crippen MR) is 119 cm³/mol. The number of para-hydroxylation sites is 1. The molecule has 1 N–H and O–H groups in total. The Kier molecular flexibility index (Phi) is 7.85. The van der Waals surface area contributed by atoms with Crippen molar-refractivity contribution in [2.45, 2.75) is 45.7 Å². The summed E-state index contributed by atoms with van der Waals surface area (Å²) < 4.78 is 6.86. The fourth-order valence-corrected chi connectivity index (χ4v) is 3.28. The van der Waals surface area contributed by atoms with Crippen molar-refractivity contribution in [2.24, 2.45) is 0 Å². The van der Waals surface area contributed by atoms with Crippen molar-refractivity contribution in [1.29, 1.82) is 0 Å². The average Bonchev–Trinajstić information content (AvgIpc) is 2.70. The largest absolute Gasteiger partial charge is 0.483 e. The summed E-state index contributed by atoms with van der Waals surface area (Å²) in [5.41, 5.74) is 1.87. The molecule has 0 bridgehead atoms. The number of nitrogens with one attached hydrogen (secondary N) is 1. The van der Waals surface area contributed by atoms with E-state index in [9.17, 15) is 9.59 Å². The molecule has 0 fully saturated rings. The van der Waals surface area contributed by atoms with Crippen molar-refractivity contribution in [2.75, 3.05) is 13.7 Å². The molecule has 5 nitrogen and oxygen atoms in total. The third kappa shape index (κ3) is 6.32. The fourth-order valence-electron chi connectivity index (χ4n) is 3.01. The van der Waals surface area contributed by atoms with Gasteiger partial charge in [0.05, 0.1) is 0 Å². The Morgan fingerprint density at radius 3 is 2.31 bits per heavy atom. The van der Waals surface area contributed by atoms with E-state index in [0.717, 1.165) is 15.6 Å². The van der Waals surface area contributed by atoms with Crippen LogP contribution in [-0.2, 0) is 21.5 Å². The summed E-state index contributed by atoms with van der Waals surface area (Å²) in [7, 11) is 1.57. The van der Waals surface area contributed by atoms with Gasteiger partial charge in [0.25, 0.3) is 5.91 Å². The highest BCUT2D eigenvalue weighted by Crippen LogP contribution is 2.31. The van der Waals surface area contributed by atoms with Crippen LogP contribution >= 0.6 is 15.9 Å². The number of carbonyl (C=O) groups excluding carboxylic acids is 2. The summed E-state index contributed by atoms with van der Waals surface area (Å²) in [6, 6.07) is 14.8. The zero-order valence-electron chi connectivity index (χ0n) is 17.7. The number of hydrogen-bond acceptors (Lipinski definition) is 3. The van der Waals surface area contributed by atoms with Gasteiger partial charge >= 0.3 is 0 Å². The topological polar surface area (TPSA) is 58.6 Å². The van der Waals surface area contributed by atoms with Crippen LogP contribution in [0.4, 0.5) is 0 Å². The molecular formula is C23H29BrN2O3. The van der Waals surface area contributed by atoms with Crippen molar-refractivity contribution < 1.29 is 14.3 Å². The second-order valence-corrected chi connectivity index (χ2v) is 8.89. The molecule has 0 saturated heterocycles. The maximum Gasteiger partial charge on any atom is 0.261 e. The van der Waals surface area contributed by atoms with Crippen molar-refractivity contribution in [3.63, 3.8) is 0 Å². The van der Waals surface area contributed by atoms with E-state index in [-0.39, 0.29) is 23.8 Å². The van der Waals surface area contributed by atoms with Crippen LogP contribution in [0.25, 0.3) is 0 Å². The fraction of sp³-hybridized carbons (Fsp3) is 0.391. The first kappa shape index (κ1) is 22.9. The molecule has 2 rings (SSSR count). The van der Waals surface area contributed by atoms with Gasteiger partial charge in [0.1, 0.15) is 11.8 Å². The first-order valence-corrected chi connectivity index (χ1v) is 10.4. The standard InChI is InChI=1S/C23H29BrN2O3/c1-16(22(28)25-5)26(14-17-10-12-18(24)13-11-17)21(27)15-29-20-9-7-6-8-19(20)23(2,3)4/h6-13,16H,14-15H2,1-5H3,(H,25,28)/t16-/m0/s1. The Bertz CT molecular complexity index is 844. The van der Waals surface area contributed by atoms with Crippen LogP contribution in [0.3, 0.4) is 0 Å². The molecule has 0 aliphatic heterocycles. The molecule has 1 atom stereocenters. The number of rotatable bonds is 7. The molecule has 0 aromatic heterocycles. The molecule has 0 unspecified atom stereocenters. The molecule has 156 valence electrons. The molecule has 0 radical (unpaired) electrons. The lowest BCUT2D eigenvalue weighted by atomic mass is 9.86. The maximum atomic E-state index is 13.0. The van der Waals surface area contributed by atoms with Crippen molar-refractivity contribution in [1.82, 2.24) is 10.2 Å². The molecular weight excluding hydrogens is 432 g/mol. The number of carbonyl (C=O) groups is 2. The van der Waals surface area contributed by atoms with E-state index in [1.54, 1.807) is 18.9 Å². The lowest BCUT2D eigenvalue weighted by molar-refractivity contribution is -0.142. The van der Waals surface area contributed by atoms with Gasteiger partial charge in [0.15, 0.2) is 6.61 Å². The predicted octanol–water partition coefficient (Wildman–Crippen LogP) is 4.29. The Balaban J connectivity index is 2.19. The van der Waals surface area contributed by atoms with Gasteiger partial charge in [0, 0.05) is 18.1 Å². The molecule has 0 aliphatic rings. The molecule has 0 spiro atoms. The molecule has 0 saturated carbocycles. The maximum absolute atomic E-state index is 13.0. The quantitative estimate of drug-likeness (QED) is 0.670. The number of nitrogens with zero attached hydrogens (tertiary/aromatic N) is 1. The number of ether oxygens (including phenoxy) is 1. The van der Waals surface area contributed by atoms with E-state index in [2.05, 4.69) is 42.0 Å². The number of hydrogen-bond donors (Lipinski definition) is 1. The van der Waals surface area contributed by atoms with Crippen LogP contribution in [0.15, 0.2) is 53.0 Å². The lowest BCUT2D eigenvalue weighted by Crippen LogP contribution is -2.48. The first-order valence-electron chi connectivity index (χ1n) is 9.61. The van der Waals surface area contributed by atoms with E-state index in [0.29, 0.717) is 12.3 Å². The van der Waals surface area contributed by atoms with E-state index in [4.69, 9.17) is 4.74 Å². The number of likely N-dealkylation sites (N-methyl/N-ethyl adjacent to an activating group) is 1. The van der Waals surface area contributed by atoms with Crippen LogP contribution in [0.2, 0.25) is 0 Å². The van der Waals surface area contributed by atoms with E-state index in [1.807, 2.05) is 48.5 Å². The second-order valence-electron chi connectivity index (χ2n) is 7.97. The highest BCUT2D eigenvalue weighted by atomic mass is 79.9. The van der Waals surface area contributed by atoms with Crippen LogP contribution < -0.4 is 10.1 Å². The molecule has 29 heavy (non-hydrogen) atoms. The second kappa shape index (κ2) is 9.92. The molecule has 2 amide bonds. The SMILES string of the molecule is CNC(=O)[C@H](C)N(Cc1ccc(Br)cc1)C(=O)COc1ccccc1C(C)(C)C. The van der Waals surface area contributed by atoms with Crippen molar-refractivity contribution in [3.8, 4) is 5.75 Å². The zero-order valence-corrected chi connectivity index (χ0v) is 19.2. The van der Waals surface area contributed by atoms with Crippen LogP contribution in [0, 0.1) is 0 Å². The Hall–Kier alpha value is -2.34. The Morgan fingerprint density at radius 2 is 1.72 bits per heavy atom. The number of amides is 2. The van der Waals surface area contributed by atoms with E-state index >= 15 is 0 Å². The van der Waals surface area contributed by atoms with Gasteiger partial charge in [-0.1, -0.05) is 67.0 Å². The summed E-state index contributed by atoms with van der Waals surface area (Å²) in [6.07, 6.45) is 0. The average molecular weight is 461 g/mol. The van der Waals surface area contributed by atoms with Gasteiger partial charge in [-0.15, -0.1) is 0 Å². The minimum absolute atomic E-state index is 0.105. The first-order chi connectivity index (χ1) is 13.6. The highest BCUT2D eigenvalue weighted by molar-refractivity contribution is 9.10. The molecule has 2 aromatic rings. The van der Waals surface area contributed by atoms with E-state index < -0.39 is 6.04 Å². The minimum atomic E-state index is -0.613.